The first-order valence-electron chi connectivity index (χ1n) is 25.8. The lowest BCUT2D eigenvalue weighted by molar-refractivity contribution is 0.475. The van der Waals surface area contributed by atoms with Crippen molar-refractivity contribution in [1.29, 1.82) is 0 Å². The number of anilines is 2. The molecule has 0 saturated carbocycles. The number of hydrogen-bond donors (Lipinski definition) is 0. The molecule has 0 spiro atoms. The molecule has 4 heteroatoms. The van der Waals surface area contributed by atoms with E-state index in [-0.39, 0.29) is 16.7 Å². The van der Waals surface area contributed by atoms with Crippen molar-refractivity contribution in [3.8, 4) is 5.69 Å². The van der Waals surface area contributed by atoms with Crippen LogP contribution in [0.4, 0.5) is 11.4 Å². The lowest BCUT2D eigenvalue weighted by atomic mass is 9.74. The second-order valence-corrected chi connectivity index (χ2v) is 23.2. The summed E-state index contributed by atoms with van der Waals surface area (Å²) >= 11 is 0. The number of para-hydroxylation sites is 2. The SMILES string of the molecule is CC1=C(N(c2ccc3c(c2)-n2c4c(c5cc6c(cc52)c2cc(C(C)C)cc5c7cc(C(C)(C)C)ccc7n6c52)C=C(C(C)(C)C)CC34)c2cccc3c2oc2ccccc23)C=C(c2ccccc2)CC=C1. The third-order valence-corrected chi connectivity index (χ3v) is 16.5. The van der Waals surface area contributed by atoms with Crippen molar-refractivity contribution in [2.45, 2.75) is 92.4 Å². The summed E-state index contributed by atoms with van der Waals surface area (Å²) in [7, 11) is 0. The van der Waals surface area contributed by atoms with Gasteiger partial charge in [0.2, 0.25) is 0 Å². The van der Waals surface area contributed by atoms with Crippen molar-refractivity contribution in [2.24, 2.45) is 5.41 Å². The van der Waals surface area contributed by atoms with Crippen LogP contribution in [0.15, 0.2) is 173 Å². The molecule has 348 valence electrons. The highest BCUT2D eigenvalue weighted by molar-refractivity contribution is 6.25. The van der Waals surface area contributed by atoms with Gasteiger partial charge < -0.3 is 18.3 Å². The van der Waals surface area contributed by atoms with E-state index < -0.39 is 0 Å². The maximum absolute atomic E-state index is 6.89. The minimum Gasteiger partial charge on any atom is -0.454 e. The summed E-state index contributed by atoms with van der Waals surface area (Å²) in [4.78, 5) is 2.48. The number of aromatic nitrogens is 2. The number of fused-ring (bicyclic) bond motifs is 15. The molecular formula is C67H59N3O. The van der Waals surface area contributed by atoms with Gasteiger partial charge in [0, 0.05) is 66.3 Å². The molecule has 0 fully saturated rings. The van der Waals surface area contributed by atoms with E-state index in [0.29, 0.717) is 5.92 Å². The molecule has 4 nitrogen and oxygen atoms in total. The summed E-state index contributed by atoms with van der Waals surface area (Å²) in [5.74, 6) is 0.636. The fourth-order valence-electron chi connectivity index (χ4n) is 12.6. The highest BCUT2D eigenvalue weighted by atomic mass is 16.3. The van der Waals surface area contributed by atoms with E-state index in [2.05, 4.69) is 234 Å². The Kier molecular flexibility index (Phi) is 8.79. The third kappa shape index (κ3) is 6.10. The van der Waals surface area contributed by atoms with Gasteiger partial charge in [0.15, 0.2) is 5.58 Å². The van der Waals surface area contributed by atoms with Gasteiger partial charge in [-0.15, -0.1) is 0 Å². The van der Waals surface area contributed by atoms with Crippen LogP contribution in [0.2, 0.25) is 0 Å². The molecule has 14 rings (SSSR count). The van der Waals surface area contributed by atoms with Gasteiger partial charge in [0.05, 0.1) is 33.4 Å². The fourth-order valence-corrected chi connectivity index (χ4v) is 12.6. The van der Waals surface area contributed by atoms with Crippen LogP contribution in [0.3, 0.4) is 0 Å². The first-order chi connectivity index (χ1) is 34.2. The lowest BCUT2D eigenvalue weighted by Gasteiger charge is -2.30. The zero-order valence-corrected chi connectivity index (χ0v) is 42.3. The molecule has 5 heterocycles. The summed E-state index contributed by atoms with van der Waals surface area (Å²) in [5, 5.41) is 8.93. The molecule has 3 aliphatic rings. The Morgan fingerprint density at radius 1 is 0.648 bits per heavy atom. The Morgan fingerprint density at radius 3 is 2.17 bits per heavy atom. The predicted octanol–water partition coefficient (Wildman–Crippen LogP) is 18.8. The zero-order valence-electron chi connectivity index (χ0n) is 42.3. The maximum Gasteiger partial charge on any atom is 0.159 e. The number of allylic oxidation sites excluding steroid dienone is 6. The Morgan fingerprint density at radius 2 is 1.39 bits per heavy atom. The van der Waals surface area contributed by atoms with Crippen LogP contribution in [-0.4, -0.2) is 8.97 Å². The van der Waals surface area contributed by atoms with Gasteiger partial charge in [-0.25, -0.2) is 0 Å². The minimum absolute atomic E-state index is 0.0183. The van der Waals surface area contributed by atoms with Crippen LogP contribution in [0.1, 0.15) is 121 Å². The van der Waals surface area contributed by atoms with Crippen molar-refractivity contribution in [3.63, 3.8) is 0 Å². The van der Waals surface area contributed by atoms with E-state index >= 15 is 0 Å². The number of nitrogens with zero attached hydrogens (tertiary/aromatic N) is 3. The molecule has 0 amide bonds. The molecule has 0 saturated heterocycles. The third-order valence-electron chi connectivity index (χ3n) is 16.5. The molecule has 11 aromatic rings. The van der Waals surface area contributed by atoms with Crippen molar-refractivity contribution >= 4 is 94.0 Å². The summed E-state index contributed by atoms with van der Waals surface area (Å²) < 4.78 is 12.1. The Balaban J connectivity index is 1.05. The Labute approximate surface area is 415 Å². The molecule has 0 N–H and O–H groups in total. The number of benzene rings is 7. The smallest absolute Gasteiger partial charge is 0.159 e. The van der Waals surface area contributed by atoms with Gasteiger partial charge in [0.1, 0.15) is 5.58 Å². The molecule has 0 bridgehead atoms. The average Bonchev–Trinajstić information content (AvgIpc) is 4.13. The monoisotopic (exact) mass is 921 g/mol. The molecule has 71 heavy (non-hydrogen) atoms. The zero-order chi connectivity index (χ0) is 48.4. The van der Waals surface area contributed by atoms with Crippen LogP contribution >= 0.6 is 0 Å². The standard InChI is InChI=1S/C67H59N3O/c1-38(2)42-29-52-49-32-43(66(4,5)6)25-28-56(49)69-60-37-51-55-34-44(67(7,8)9)33-54-46-27-26-45(35-59(46)70(64(54)55)61(51)36-50(60)53(30-42)63(52)69)68(57-23-16-22-48-47-21-13-14-24-62(47)71-65(48)57)58-31-41(20-15-17-39(58)3)40-18-11-10-12-19-40/h10-19,21-32,34-38,54H,20,33H2,1-9H3. The van der Waals surface area contributed by atoms with Gasteiger partial charge in [-0.3, -0.25) is 0 Å². The topological polar surface area (TPSA) is 25.7 Å². The molecule has 1 atom stereocenters. The van der Waals surface area contributed by atoms with E-state index in [1.807, 2.05) is 0 Å². The van der Waals surface area contributed by atoms with Gasteiger partial charge in [-0.05, 0) is 137 Å². The van der Waals surface area contributed by atoms with Crippen molar-refractivity contribution < 1.29 is 4.42 Å². The van der Waals surface area contributed by atoms with Crippen LogP contribution in [0, 0.1) is 5.41 Å². The van der Waals surface area contributed by atoms with E-state index in [4.69, 9.17) is 4.42 Å². The molecule has 4 aromatic heterocycles. The second kappa shape index (κ2) is 14.7. The molecular weight excluding hydrogens is 863 g/mol. The number of rotatable bonds is 5. The van der Waals surface area contributed by atoms with E-state index in [0.717, 1.165) is 51.9 Å². The Bertz CT molecular complexity index is 4220. The highest BCUT2D eigenvalue weighted by Gasteiger charge is 2.40. The predicted molar refractivity (Wildman–Crippen MR) is 301 cm³/mol. The van der Waals surface area contributed by atoms with Gasteiger partial charge in [-0.1, -0.05) is 152 Å². The van der Waals surface area contributed by atoms with E-state index in [1.165, 1.54) is 105 Å². The van der Waals surface area contributed by atoms with E-state index in [1.54, 1.807) is 0 Å². The summed E-state index contributed by atoms with van der Waals surface area (Å²) in [6, 6.07) is 50.6. The number of furan rings is 1. The average molecular weight is 922 g/mol. The van der Waals surface area contributed by atoms with Crippen molar-refractivity contribution in [3.05, 3.63) is 202 Å². The molecule has 7 aromatic carbocycles. The van der Waals surface area contributed by atoms with Crippen molar-refractivity contribution in [1.82, 2.24) is 8.97 Å². The summed E-state index contributed by atoms with van der Waals surface area (Å²) in [6.45, 7) is 21.1. The lowest BCUT2D eigenvalue weighted by Crippen LogP contribution is -2.17. The quantitative estimate of drug-likeness (QED) is 0.172. The minimum atomic E-state index is 0.0183. The normalized spacial score (nSPS) is 16.2. The summed E-state index contributed by atoms with van der Waals surface area (Å²) in [5.41, 5.74) is 23.7. The van der Waals surface area contributed by atoms with Crippen molar-refractivity contribution in [2.75, 3.05) is 4.90 Å². The molecule has 1 aliphatic heterocycles. The van der Waals surface area contributed by atoms with Crippen LogP contribution in [0.5, 0.6) is 0 Å². The van der Waals surface area contributed by atoms with Gasteiger partial charge >= 0.3 is 0 Å². The van der Waals surface area contributed by atoms with Crippen LogP contribution in [0.25, 0.3) is 88.3 Å². The second-order valence-electron chi connectivity index (χ2n) is 23.2. The highest BCUT2D eigenvalue weighted by Crippen LogP contribution is 2.56. The Hall–Kier alpha value is -7.56. The van der Waals surface area contributed by atoms with Gasteiger partial charge in [0.25, 0.3) is 0 Å². The first kappa shape index (κ1) is 42.3. The number of hydrogen-bond acceptors (Lipinski definition) is 2. The van der Waals surface area contributed by atoms with E-state index in [9.17, 15) is 0 Å². The van der Waals surface area contributed by atoms with Crippen LogP contribution < -0.4 is 4.90 Å². The molecule has 2 aliphatic carbocycles. The summed E-state index contributed by atoms with van der Waals surface area (Å²) in [6.07, 6.45) is 11.4. The largest absolute Gasteiger partial charge is 0.454 e. The maximum atomic E-state index is 6.89. The van der Waals surface area contributed by atoms with Gasteiger partial charge in [-0.2, -0.15) is 0 Å². The van der Waals surface area contributed by atoms with Crippen LogP contribution in [-0.2, 0) is 5.41 Å². The first-order valence-corrected chi connectivity index (χ1v) is 25.8. The molecule has 0 radical (unpaired) electrons. The molecule has 1 unspecified atom stereocenters. The fraction of sp³-hybridized carbons (Fsp3) is 0.224.